The largest absolute Gasteiger partial charge is 0.387 e. The van der Waals surface area contributed by atoms with Gasteiger partial charge in [0, 0.05) is 13.0 Å². The summed E-state index contributed by atoms with van der Waals surface area (Å²) in [6.45, 7) is 1.43. The van der Waals surface area contributed by atoms with Gasteiger partial charge >= 0.3 is 0 Å². The molecule has 3 rings (SSSR count). The van der Waals surface area contributed by atoms with E-state index in [2.05, 4.69) is 0 Å². The number of ether oxygens (including phenoxy) is 2. The van der Waals surface area contributed by atoms with E-state index < -0.39 is 5.60 Å². The Morgan fingerprint density at radius 2 is 1.92 bits per heavy atom. The summed E-state index contributed by atoms with van der Waals surface area (Å²) in [7, 11) is 0. The van der Waals surface area contributed by atoms with Crippen molar-refractivity contribution in [3.8, 4) is 0 Å². The second-order valence-electron chi connectivity index (χ2n) is 4.56. The zero-order valence-electron chi connectivity index (χ0n) is 7.79. The van der Waals surface area contributed by atoms with Crippen molar-refractivity contribution in [1.82, 2.24) is 0 Å². The molecule has 3 heteroatoms. The third kappa shape index (κ3) is 0.953. The van der Waals surface area contributed by atoms with E-state index in [0.717, 1.165) is 38.7 Å². The van der Waals surface area contributed by atoms with Crippen LogP contribution in [0.5, 0.6) is 0 Å². The number of fused-ring (bicyclic) bond motifs is 1. The Hall–Kier alpha value is -0.120. The average Bonchev–Trinajstić information content (AvgIpc) is 2.76. The molecule has 0 aromatic rings. The van der Waals surface area contributed by atoms with Crippen LogP contribution >= 0.6 is 0 Å². The third-order valence-electron chi connectivity index (χ3n) is 3.92. The van der Waals surface area contributed by atoms with Crippen molar-refractivity contribution in [2.24, 2.45) is 0 Å². The van der Waals surface area contributed by atoms with Crippen molar-refractivity contribution in [2.75, 3.05) is 13.2 Å². The van der Waals surface area contributed by atoms with E-state index in [1.54, 1.807) is 0 Å². The summed E-state index contributed by atoms with van der Waals surface area (Å²) in [4.78, 5) is 0. The summed E-state index contributed by atoms with van der Waals surface area (Å²) in [6, 6.07) is 0. The highest BCUT2D eigenvalue weighted by atomic mass is 16.7. The van der Waals surface area contributed by atoms with E-state index in [-0.39, 0.29) is 11.7 Å². The molecule has 0 aromatic heterocycles. The Labute approximate surface area is 78.0 Å². The van der Waals surface area contributed by atoms with Gasteiger partial charge in [-0.2, -0.15) is 0 Å². The van der Waals surface area contributed by atoms with Crippen molar-refractivity contribution in [1.29, 1.82) is 0 Å². The van der Waals surface area contributed by atoms with Gasteiger partial charge in [-0.3, -0.25) is 0 Å². The molecule has 2 heterocycles. The first kappa shape index (κ1) is 8.21. The summed E-state index contributed by atoms with van der Waals surface area (Å²) in [5.41, 5.74) is -0.733. The molecule has 0 aromatic carbocycles. The minimum atomic E-state index is -0.526. The Kier molecular flexibility index (Phi) is 1.56. The van der Waals surface area contributed by atoms with E-state index in [4.69, 9.17) is 9.47 Å². The molecule has 1 saturated carbocycles. The molecule has 2 unspecified atom stereocenters. The van der Waals surface area contributed by atoms with Crippen molar-refractivity contribution in [3.05, 3.63) is 0 Å². The zero-order chi connectivity index (χ0) is 8.94. The maximum absolute atomic E-state index is 10.4. The van der Waals surface area contributed by atoms with Crippen LogP contribution < -0.4 is 0 Å². The van der Waals surface area contributed by atoms with Crippen LogP contribution in [0.4, 0.5) is 0 Å². The van der Waals surface area contributed by atoms with E-state index in [1.807, 2.05) is 0 Å². The molecule has 3 fully saturated rings. The van der Waals surface area contributed by atoms with Gasteiger partial charge in [0.2, 0.25) is 0 Å². The Morgan fingerprint density at radius 3 is 2.62 bits per heavy atom. The van der Waals surface area contributed by atoms with Crippen molar-refractivity contribution in [2.45, 2.75) is 49.4 Å². The lowest BCUT2D eigenvalue weighted by Gasteiger charge is -2.32. The molecule has 3 nitrogen and oxygen atoms in total. The van der Waals surface area contributed by atoms with Crippen LogP contribution in [-0.4, -0.2) is 35.6 Å². The lowest BCUT2D eigenvalue weighted by atomic mass is 9.80. The van der Waals surface area contributed by atoms with Crippen molar-refractivity contribution >= 4 is 0 Å². The number of hydrogen-bond acceptors (Lipinski definition) is 3. The lowest BCUT2D eigenvalue weighted by Crippen LogP contribution is -2.47. The summed E-state index contributed by atoms with van der Waals surface area (Å²) in [5, 5.41) is 10.4. The number of rotatable bonds is 1. The Bertz CT molecular complexity index is 222. The third-order valence-corrected chi connectivity index (χ3v) is 3.92. The lowest BCUT2D eigenvalue weighted by molar-refractivity contribution is -0.0511. The smallest absolute Gasteiger partial charge is 0.128 e. The second kappa shape index (κ2) is 2.47. The van der Waals surface area contributed by atoms with Crippen molar-refractivity contribution in [3.63, 3.8) is 0 Å². The first-order valence-corrected chi connectivity index (χ1v) is 5.25. The fourth-order valence-corrected chi connectivity index (χ4v) is 3.05. The normalized spacial score (nSPS) is 47.3. The van der Waals surface area contributed by atoms with Gasteiger partial charge in [-0.1, -0.05) is 12.8 Å². The van der Waals surface area contributed by atoms with E-state index in [0.29, 0.717) is 6.61 Å². The molecule has 1 aliphatic carbocycles. The van der Waals surface area contributed by atoms with Gasteiger partial charge in [-0.25, -0.2) is 0 Å². The standard InChI is InChI=1S/C10H16O3/c11-9(3-1-2-4-9)10-5-6-12-7-8(10)13-10/h8,11H,1-7H2. The summed E-state index contributed by atoms with van der Waals surface area (Å²) in [6.07, 6.45) is 5.20. The highest BCUT2D eigenvalue weighted by Crippen LogP contribution is 2.55. The fourth-order valence-electron chi connectivity index (χ4n) is 3.05. The number of hydrogen-bond donors (Lipinski definition) is 1. The van der Waals surface area contributed by atoms with Gasteiger partial charge in [0.15, 0.2) is 0 Å². The minimum absolute atomic E-state index is 0.185. The summed E-state index contributed by atoms with van der Waals surface area (Å²) in [5.74, 6) is 0. The molecular formula is C10H16O3. The molecule has 1 N–H and O–H groups in total. The predicted octanol–water partition coefficient (Wildman–Crippen LogP) is 0.849. The van der Waals surface area contributed by atoms with E-state index >= 15 is 0 Å². The van der Waals surface area contributed by atoms with Crippen LogP contribution in [0.3, 0.4) is 0 Å². The predicted molar refractivity (Wildman–Crippen MR) is 46.5 cm³/mol. The van der Waals surface area contributed by atoms with Crippen LogP contribution in [0.1, 0.15) is 32.1 Å². The quantitative estimate of drug-likeness (QED) is 0.614. The van der Waals surface area contributed by atoms with Gasteiger partial charge in [-0.15, -0.1) is 0 Å². The van der Waals surface area contributed by atoms with Crippen molar-refractivity contribution < 1.29 is 14.6 Å². The molecule has 13 heavy (non-hydrogen) atoms. The van der Waals surface area contributed by atoms with Crippen LogP contribution in [-0.2, 0) is 9.47 Å². The van der Waals surface area contributed by atoms with Gasteiger partial charge in [0.25, 0.3) is 0 Å². The molecule has 0 amide bonds. The van der Waals surface area contributed by atoms with Crippen LogP contribution in [0.2, 0.25) is 0 Å². The summed E-state index contributed by atoms with van der Waals surface area (Å²) >= 11 is 0. The fraction of sp³-hybridized carbons (Fsp3) is 1.00. The van der Waals surface area contributed by atoms with Gasteiger partial charge in [0.05, 0.1) is 12.2 Å². The molecule has 2 aliphatic heterocycles. The summed E-state index contributed by atoms with van der Waals surface area (Å²) < 4.78 is 11.0. The molecule has 74 valence electrons. The first-order chi connectivity index (χ1) is 6.27. The first-order valence-electron chi connectivity index (χ1n) is 5.25. The number of aliphatic hydroxyl groups is 1. The second-order valence-corrected chi connectivity index (χ2v) is 4.56. The average molecular weight is 184 g/mol. The molecule has 2 atom stereocenters. The van der Waals surface area contributed by atoms with Crippen LogP contribution in [0.25, 0.3) is 0 Å². The van der Waals surface area contributed by atoms with Crippen LogP contribution in [0.15, 0.2) is 0 Å². The van der Waals surface area contributed by atoms with E-state index in [9.17, 15) is 5.11 Å². The van der Waals surface area contributed by atoms with Gasteiger partial charge in [-0.05, 0) is 12.8 Å². The molecule has 0 radical (unpaired) electrons. The maximum atomic E-state index is 10.4. The highest BCUT2D eigenvalue weighted by Gasteiger charge is 2.69. The monoisotopic (exact) mass is 184 g/mol. The topological polar surface area (TPSA) is 42.0 Å². The maximum Gasteiger partial charge on any atom is 0.128 e. The minimum Gasteiger partial charge on any atom is -0.387 e. The zero-order valence-corrected chi connectivity index (χ0v) is 7.79. The van der Waals surface area contributed by atoms with Gasteiger partial charge < -0.3 is 14.6 Å². The number of epoxide rings is 1. The molecule has 2 saturated heterocycles. The van der Waals surface area contributed by atoms with E-state index in [1.165, 1.54) is 0 Å². The Morgan fingerprint density at radius 1 is 1.15 bits per heavy atom. The van der Waals surface area contributed by atoms with Gasteiger partial charge in [0.1, 0.15) is 11.7 Å². The Balaban J connectivity index is 1.83. The highest BCUT2D eigenvalue weighted by molar-refractivity contribution is 5.18. The van der Waals surface area contributed by atoms with Crippen LogP contribution in [0, 0.1) is 0 Å². The molecule has 0 bridgehead atoms. The molecule has 3 aliphatic rings. The molecular weight excluding hydrogens is 168 g/mol. The SMILES string of the molecule is OC1(C23CCOCC2O3)CCCC1. The molecule has 0 spiro atoms.